The molecule has 0 fully saturated rings. The summed E-state index contributed by atoms with van der Waals surface area (Å²) in [4.78, 5) is 44.0. The number of hydrogen-bond donors (Lipinski definition) is 1. The quantitative estimate of drug-likeness (QED) is 0.426. The van der Waals surface area contributed by atoms with E-state index in [-0.39, 0.29) is 23.8 Å². The van der Waals surface area contributed by atoms with E-state index in [0.29, 0.717) is 32.0 Å². The van der Waals surface area contributed by atoms with Gasteiger partial charge in [0.2, 0.25) is 0 Å². The molecule has 0 atom stereocenters. The number of carbonyl (C=O) groups excluding carboxylic acids is 2. The topological polar surface area (TPSA) is 90.3 Å². The van der Waals surface area contributed by atoms with E-state index in [1.807, 2.05) is 32.0 Å². The molecule has 4 aromatic rings. The van der Waals surface area contributed by atoms with Gasteiger partial charge in [-0.05, 0) is 62.2 Å². The van der Waals surface area contributed by atoms with E-state index in [2.05, 4.69) is 10.3 Å². The second kappa shape index (κ2) is 8.99. The lowest BCUT2D eigenvalue weighted by molar-refractivity contribution is 0.0969. The molecule has 1 N–H and O–H groups in total. The number of nitrogens with zero attached hydrogens (tertiary/aromatic N) is 2. The Bertz CT molecular complexity index is 1430. The minimum Gasteiger partial charge on any atom is -0.497 e. The number of thiophene rings is 1. The van der Waals surface area contributed by atoms with Crippen molar-refractivity contribution in [1.29, 1.82) is 0 Å². The summed E-state index contributed by atoms with van der Waals surface area (Å²) in [6.07, 6.45) is 1.35. The van der Waals surface area contributed by atoms with Crippen LogP contribution in [0.5, 0.6) is 5.75 Å². The number of ketones is 1. The van der Waals surface area contributed by atoms with Crippen molar-refractivity contribution in [3.05, 3.63) is 86.3 Å². The Balaban J connectivity index is 1.62. The van der Waals surface area contributed by atoms with Gasteiger partial charge in [-0.2, -0.15) is 0 Å². The molecule has 0 saturated heterocycles. The highest BCUT2D eigenvalue weighted by molar-refractivity contribution is 7.20. The molecule has 0 bridgehead atoms. The van der Waals surface area contributed by atoms with Gasteiger partial charge >= 0.3 is 0 Å². The Kier molecular flexibility index (Phi) is 6.11. The number of amides is 1. The standard InChI is InChI=1S/C25H23N3O4S/c1-14-5-10-19(15(2)11-14)27-23(30)22-16(3)21-24(33-22)26-13-28(25(21)31)12-20(29)17-6-8-18(32-4)9-7-17/h5-11,13H,12H2,1-4H3,(H,27,30). The minimum atomic E-state index is -0.346. The number of carbonyl (C=O) groups is 2. The van der Waals surface area contributed by atoms with Crippen LogP contribution < -0.4 is 15.6 Å². The zero-order valence-corrected chi connectivity index (χ0v) is 19.6. The van der Waals surface area contributed by atoms with Gasteiger partial charge in [0, 0.05) is 11.3 Å². The number of hydrogen-bond acceptors (Lipinski definition) is 6. The fourth-order valence-electron chi connectivity index (χ4n) is 3.64. The Morgan fingerprint density at radius 3 is 2.48 bits per heavy atom. The number of anilines is 1. The molecule has 0 aliphatic heterocycles. The number of nitrogens with one attached hydrogen (secondary N) is 1. The van der Waals surface area contributed by atoms with E-state index < -0.39 is 0 Å². The predicted molar refractivity (Wildman–Crippen MR) is 130 cm³/mol. The monoisotopic (exact) mass is 461 g/mol. The number of fused-ring (bicyclic) bond motifs is 1. The first-order chi connectivity index (χ1) is 15.8. The normalized spacial score (nSPS) is 10.9. The van der Waals surface area contributed by atoms with E-state index >= 15 is 0 Å². The Hall–Kier alpha value is -3.78. The van der Waals surface area contributed by atoms with Crippen molar-refractivity contribution in [2.45, 2.75) is 27.3 Å². The molecule has 7 nitrogen and oxygen atoms in total. The number of Topliss-reactive ketones (excluding diaryl/α,β-unsaturated/α-hetero) is 1. The van der Waals surface area contributed by atoms with Gasteiger partial charge in [0.1, 0.15) is 10.6 Å². The van der Waals surface area contributed by atoms with Crippen molar-refractivity contribution in [2.24, 2.45) is 0 Å². The van der Waals surface area contributed by atoms with Crippen LogP contribution in [0.3, 0.4) is 0 Å². The van der Waals surface area contributed by atoms with Crippen molar-refractivity contribution in [1.82, 2.24) is 9.55 Å². The van der Waals surface area contributed by atoms with Crippen LogP contribution in [0.2, 0.25) is 0 Å². The second-order valence-corrected chi connectivity index (χ2v) is 8.84. The molecule has 2 heterocycles. The number of methoxy groups -OCH3 is 1. The van der Waals surface area contributed by atoms with Crippen molar-refractivity contribution in [3.8, 4) is 5.75 Å². The maximum Gasteiger partial charge on any atom is 0.266 e. The van der Waals surface area contributed by atoms with Crippen LogP contribution in [0, 0.1) is 20.8 Å². The van der Waals surface area contributed by atoms with Crippen molar-refractivity contribution in [2.75, 3.05) is 12.4 Å². The number of rotatable bonds is 6. The Labute approximate surface area is 194 Å². The molecule has 4 rings (SSSR count). The predicted octanol–water partition coefficient (Wildman–Crippen LogP) is 4.53. The van der Waals surface area contributed by atoms with Gasteiger partial charge in [0.15, 0.2) is 5.78 Å². The summed E-state index contributed by atoms with van der Waals surface area (Å²) in [6.45, 7) is 5.51. The van der Waals surface area contributed by atoms with Crippen molar-refractivity contribution in [3.63, 3.8) is 0 Å². The SMILES string of the molecule is COc1ccc(C(=O)Cn2cnc3sc(C(=O)Nc4ccc(C)cc4C)c(C)c3c2=O)cc1. The second-order valence-electron chi connectivity index (χ2n) is 7.84. The lowest BCUT2D eigenvalue weighted by Crippen LogP contribution is -2.24. The molecular formula is C25H23N3O4S. The van der Waals surface area contributed by atoms with Gasteiger partial charge in [0.25, 0.3) is 11.5 Å². The molecule has 0 spiro atoms. The van der Waals surface area contributed by atoms with E-state index in [1.54, 1.807) is 38.3 Å². The third kappa shape index (κ3) is 4.42. The molecule has 0 aliphatic rings. The lowest BCUT2D eigenvalue weighted by atomic mass is 10.1. The fraction of sp³-hybridized carbons (Fsp3) is 0.200. The third-order valence-corrected chi connectivity index (χ3v) is 6.68. The van der Waals surface area contributed by atoms with Crippen LogP contribution >= 0.6 is 11.3 Å². The molecule has 2 aromatic carbocycles. The highest BCUT2D eigenvalue weighted by Crippen LogP contribution is 2.28. The molecule has 0 aliphatic carbocycles. The lowest BCUT2D eigenvalue weighted by Gasteiger charge is -2.08. The Morgan fingerprint density at radius 1 is 1.09 bits per heavy atom. The summed E-state index contributed by atoms with van der Waals surface area (Å²) in [5, 5.41) is 3.28. The molecule has 168 valence electrons. The molecule has 0 saturated carbocycles. The molecular weight excluding hydrogens is 438 g/mol. The summed E-state index contributed by atoms with van der Waals surface area (Å²) in [6, 6.07) is 12.5. The minimum absolute atomic E-state index is 0.145. The van der Waals surface area contributed by atoms with E-state index in [1.165, 1.54) is 22.2 Å². The van der Waals surface area contributed by atoms with Crippen molar-refractivity contribution < 1.29 is 14.3 Å². The fourth-order valence-corrected chi connectivity index (χ4v) is 4.68. The summed E-state index contributed by atoms with van der Waals surface area (Å²) < 4.78 is 6.39. The van der Waals surface area contributed by atoms with E-state index in [9.17, 15) is 14.4 Å². The van der Waals surface area contributed by atoms with Crippen LogP contribution in [0.15, 0.2) is 53.6 Å². The zero-order chi connectivity index (χ0) is 23.7. The van der Waals surface area contributed by atoms with Gasteiger partial charge in [-0.25, -0.2) is 4.98 Å². The number of aromatic nitrogens is 2. The molecule has 8 heteroatoms. The first-order valence-corrected chi connectivity index (χ1v) is 11.1. The summed E-state index contributed by atoms with van der Waals surface area (Å²) in [5.74, 6) is 0.136. The average molecular weight is 462 g/mol. The summed E-state index contributed by atoms with van der Waals surface area (Å²) in [7, 11) is 1.55. The summed E-state index contributed by atoms with van der Waals surface area (Å²) in [5.41, 5.74) is 3.47. The van der Waals surface area contributed by atoms with E-state index in [4.69, 9.17) is 4.74 Å². The van der Waals surface area contributed by atoms with Gasteiger partial charge in [-0.1, -0.05) is 17.7 Å². The third-order valence-electron chi connectivity index (χ3n) is 5.48. The maximum absolute atomic E-state index is 13.1. The highest BCUT2D eigenvalue weighted by atomic mass is 32.1. The molecule has 0 radical (unpaired) electrons. The molecule has 33 heavy (non-hydrogen) atoms. The van der Waals surface area contributed by atoms with Gasteiger partial charge < -0.3 is 10.1 Å². The first-order valence-electron chi connectivity index (χ1n) is 10.3. The zero-order valence-electron chi connectivity index (χ0n) is 18.8. The van der Waals surface area contributed by atoms with Crippen LogP contribution in [-0.2, 0) is 6.54 Å². The first kappa shape index (κ1) is 22.4. The Morgan fingerprint density at radius 2 is 1.82 bits per heavy atom. The largest absolute Gasteiger partial charge is 0.497 e. The van der Waals surface area contributed by atoms with Crippen LogP contribution in [-0.4, -0.2) is 28.4 Å². The number of benzene rings is 2. The molecule has 2 aromatic heterocycles. The maximum atomic E-state index is 13.1. The van der Waals surface area contributed by atoms with E-state index in [0.717, 1.165) is 16.8 Å². The van der Waals surface area contributed by atoms with Crippen LogP contribution in [0.1, 0.15) is 36.7 Å². The molecule has 1 amide bonds. The number of aryl methyl sites for hydroxylation is 3. The molecule has 0 unspecified atom stereocenters. The van der Waals surface area contributed by atoms with Crippen molar-refractivity contribution >= 4 is 38.9 Å². The van der Waals surface area contributed by atoms with Crippen LogP contribution in [0.25, 0.3) is 10.2 Å². The highest BCUT2D eigenvalue weighted by Gasteiger charge is 2.21. The van der Waals surface area contributed by atoms with Crippen LogP contribution in [0.4, 0.5) is 5.69 Å². The smallest absolute Gasteiger partial charge is 0.266 e. The van der Waals surface area contributed by atoms with Gasteiger partial charge in [-0.3, -0.25) is 19.0 Å². The van der Waals surface area contributed by atoms with Gasteiger partial charge in [-0.15, -0.1) is 11.3 Å². The van der Waals surface area contributed by atoms with Gasteiger partial charge in [0.05, 0.1) is 30.2 Å². The summed E-state index contributed by atoms with van der Waals surface area (Å²) >= 11 is 1.17. The average Bonchev–Trinajstić information content (AvgIpc) is 3.14. The number of ether oxygens (including phenoxy) is 1.